The summed E-state index contributed by atoms with van der Waals surface area (Å²) in [6.07, 6.45) is 0. The lowest BCUT2D eigenvalue weighted by Gasteiger charge is -2.07. The normalized spacial score (nSPS) is 10.2. The Morgan fingerprint density at radius 3 is 2.67 bits per heavy atom. The van der Waals surface area contributed by atoms with E-state index in [4.69, 9.17) is 11.6 Å². The van der Waals surface area contributed by atoms with E-state index in [1.807, 2.05) is 0 Å². The average molecular weight is 370 g/mol. The molecule has 2 aromatic carbocycles. The van der Waals surface area contributed by atoms with Crippen molar-refractivity contribution < 1.29 is 9.72 Å². The molecule has 1 amide bonds. The number of hydrogen-bond acceptors (Lipinski definition) is 3. The highest BCUT2D eigenvalue weighted by Gasteiger charge is 2.14. The SMILES string of the molecule is O=C(NCc1ccccc1[N+](=O)[O-])c1cc(Cl)cc(Br)c1. The van der Waals surface area contributed by atoms with Crippen molar-refractivity contribution in [3.63, 3.8) is 0 Å². The van der Waals surface area contributed by atoms with Crippen LogP contribution < -0.4 is 5.32 Å². The lowest BCUT2D eigenvalue weighted by molar-refractivity contribution is -0.385. The molecule has 0 atom stereocenters. The predicted octanol–water partition coefficient (Wildman–Crippen LogP) is 3.94. The molecule has 0 bridgehead atoms. The van der Waals surface area contributed by atoms with E-state index in [1.54, 1.807) is 30.3 Å². The molecule has 1 N–H and O–H groups in total. The van der Waals surface area contributed by atoms with Crippen LogP contribution in [0.4, 0.5) is 5.69 Å². The van der Waals surface area contributed by atoms with Crippen molar-refractivity contribution in [1.29, 1.82) is 0 Å². The number of para-hydroxylation sites is 1. The number of nitrogens with zero attached hydrogens (tertiary/aromatic N) is 1. The molecule has 0 radical (unpaired) electrons. The van der Waals surface area contributed by atoms with Gasteiger partial charge in [-0.2, -0.15) is 0 Å². The van der Waals surface area contributed by atoms with E-state index in [-0.39, 0.29) is 18.1 Å². The van der Waals surface area contributed by atoms with Gasteiger partial charge in [-0.1, -0.05) is 45.7 Å². The molecule has 0 aromatic heterocycles. The summed E-state index contributed by atoms with van der Waals surface area (Å²) in [5.41, 5.74) is 0.801. The average Bonchev–Trinajstić information content (AvgIpc) is 2.43. The van der Waals surface area contributed by atoms with E-state index < -0.39 is 4.92 Å². The van der Waals surface area contributed by atoms with Crippen molar-refractivity contribution in [2.24, 2.45) is 0 Å². The summed E-state index contributed by atoms with van der Waals surface area (Å²) in [6.45, 7) is 0.0696. The van der Waals surface area contributed by atoms with E-state index in [0.717, 1.165) is 0 Å². The van der Waals surface area contributed by atoms with Crippen LogP contribution in [0.5, 0.6) is 0 Å². The third-order valence-electron chi connectivity index (χ3n) is 2.75. The zero-order valence-electron chi connectivity index (χ0n) is 10.7. The molecule has 0 fully saturated rings. The Hall–Kier alpha value is -1.92. The van der Waals surface area contributed by atoms with E-state index in [2.05, 4.69) is 21.2 Å². The number of halogens is 2. The predicted molar refractivity (Wildman–Crippen MR) is 83.4 cm³/mol. The van der Waals surface area contributed by atoms with Gasteiger partial charge in [0.25, 0.3) is 11.6 Å². The molecule has 108 valence electrons. The number of amides is 1. The number of carbonyl (C=O) groups excluding carboxylic acids is 1. The van der Waals surface area contributed by atoms with E-state index in [0.29, 0.717) is 20.6 Å². The first kappa shape index (κ1) is 15.5. The van der Waals surface area contributed by atoms with Gasteiger partial charge < -0.3 is 5.32 Å². The Bertz CT molecular complexity index is 686. The van der Waals surface area contributed by atoms with Crippen molar-refractivity contribution >= 4 is 39.1 Å². The van der Waals surface area contributed by atoms with Gasteiger partial charge in [-0.3, -0.25) is 14.9 Å². The Balaban J connectivity index is 2.13. The van der Waals surface area contributed by atoms with E-state index in [1.165, 1.54) is 12.1 Å². The van der Waals surface area contributed by atoms with Gasteiger partial charge in [0, 0.05) is 33.2 Å². The van der Waals surface area contributed by atoms with Gasteiger partial charge in [0.2, 0.25) is 0 Å². The summed E-state index contributed by atoms with van der Waals surface area (Å²) in [4.78, 5) is 22.5. The van der Waals surface area contributed by atoms with E-state index in [9.17, 15) is 14.9 Å². The molecule has 0 aliphatic heterocycles. The zero-order chi connectivity index (χ0) is 15.4. The molecule has 2 aromatic rings. The first-order valence-corrected chi connectivity index (χ1v) is 7.11. The van der Waals surface area contributed by atoms with Gasteiger partial charge in [0.05, 0.1) is 4.92 Å². The van der Waals surface area contributed by atoms with Crippen LogP contribution in [0.25, 0.3) is 0 Å². The van der Waals surface area contributed by atoms with Gasteiger partial charge in [0.15, 0.2) is 0 Å². The number of carbonyl (C=O) groups is 1. The first-order valence-electron chi connectivity index (χ1n) is 5.94. The van der Waals surface area contributed by atoms with Crippen molar-refractivity contribution in [2.45, 2.75) is 6.54 Å². The second-order valence-corrected chi connectivity index (χ2v) is 5.58. The lowest BCUT2D eigenvalue weighted by Crippen LogP contribution is -2.23. The molecule has 0 saturated carbocycles. The maximum atomic E-state index is 12.0. The largest absolute Gasteiger partial charge is 0.348 e. The van der Waals surface area contributed by atoms with Gasteiger partial charge >= 0.3 is 0 Å². The molecule has 0 aliphatic rings. The van der Waals surface area contributed by atoms with Crippen molar-refractivity contribution in [3.05, 3.63) is 73.2 Å². The Morgan fingerprint density at radius 1 is 1.29 bits per heavy atom. The quantitative estimate of drug-likeness (QED) is 0.655. The molecule has 0 spiro atoms. The zero-order valence-corrected chi connectivity index (χ0v) is 13.0. The molecule has 21 heavy (non-hydrogen) atoms. The minimum atomic E-state index is -0.475. The van der Waals surface area contributed by atoms with Crippen LogP contribution in [0.15, 0.2) is 46.9 Å². The molecule has 0 aliphatic carbocycles. The number of nitrogens with one attached hydrogen (secondary N) is 1. The van der Waals surface area contributed by atoms with Crippen molar-refractivity contribution in [1.82, 2.24) is 5.32 Å². The second-order valence-electron chi connectivity index (χ2n) is 4.23. The smallest absolute Gasteiger partial charge is 0.274 e. The molecule has 5 nitrogen and oxygen atoms in total. The van der Waals surface area contributed by atoms with Crippen LogP contribution >= 0.6 is 27.5 Å². The third kappa shape index (κ3) is 4.03. The number of rotatable bonds is 4. The van der Waals surface area contributed by atoms with Crippen LogP contribution in [0.3, 0.4) is 0 Å². The third-order valence-corrected chi connectivity index (χ3v) is 3.43. The van der Waals surface area contributed by atoms with E-state index >= 15 is 0 Å². The highest BCUT2D eigenvalue weighted by molar-refractivity contribution is 9.10. The van der Waals surface area contributed by atoms with Crippen LogP contribution in [-0.2, 0) is 6.54 Å². The molecule has 0 heterocycles. The van der Waals surface area contributed by atoms with Crippen LogP contribution in [0.1, 0.15) is 15.9 Å². The lowest BCUT2D eigenvalue weighted by atomic mass is 10.1. The minimum Gasteiger partial charge on any atom is -0.348 e. The fourth-order valence-electron chi connectivity index (χ4n) is 1.80. The maximum Gasteiger partial charge on any atom is 0.274 e. The molecule has 0 unspecified atom stereocenters. The van der Waals surface area contributed by atoms with Crippen LogP contribution in [0.2, 0.25) is 5.02 Å². The minimum absolute atomic E-state index is 0.0231. The molecule has 7 heteroatoms. The van der Waals surface area contributed by atoms with Crippen molar-refractivity contribution in [2.75, 3.05) is 0 Å². The fourth-order valence-corrected chi connectivity index (χ4v) is 2.66. The number of nitro groups is 1. The number of benzene rings is 2. The van der Waals surface area contributed by atoms with Crippen LogP contribution in [0, 0.1) is 10.1 Å². The molecule has 0 saturated heterocycles. The highest BCUT2D eigenvalue weighted by atomic mass is 79.9. The summed E-state index contributed by atoms with van der Waals surface area (Å²) in [6, 6.07) is 11.1. The van der Waals surface area contributed by atoms with Gasteiger partial charge in [-0.05, 0) is 18.2 Å². The Labute approximate surface area is 134 Å². The van der Waals surface area contributed by atoms with Gasteiger partial charge in [-0.15, -0.1) is 0 Å². The molecular weight excluding hydrogens is 360 g/mol. The van der Waals surface area contributed by atoms with Gasteiger partial charge in [-0.25, -0.2) is 0 Å². The Morgan fingerprint density at radius 2 is 2.00 bits per heavy atom. The summed E-state index contributed by atoms with van der Waals surface area (Å²) >= 11 is 9.13. The topological polar surface area (TPSA) is 72.2 Å². The highest BCUT2D eigenvalue weighted by Crippen LogP contribution is 2.20. The summed E-state index contributed by atoms with van der Waals surface area (Å²) in [5.74, 6) is -0.351. The summed E-state index contributed by atoms with van der Waals surface area (Å²) in [5, 5.41) is 14.0. The van der Waals surface area contributed by atoms with Gasteiger partial charge in [0.1, 0.15) is 0 Å². The number of nitro benzene ring substituents is 1. The summed E-state index contributed by atoms with van der Waals surface area (Å²) < 4.78 is 0.686. The summed E-state index contributed by atoms with van der Waals surface area (Å²) in [7, 11) is 0. The fraction of sp³-hybridized carbons (Fsp3) is 0.0714. The first-order chi connectivity index (χ1) is 9.97. The van der Waals surface area contributed by atoms with Crippen LogP contribution in [-0.4, -0.2) is 10.8 Å². The standard InChI is InChI=1S/C14H10BrClN2O3/c15-11-5-10(6-12(16)7-11)14(19)17-8-9-3-1-2-4-13(9)18(20)21/h1-7H,8H2,(H,17,19). The number of hydrogen-bond donors (Lipinski definition) is 1. The Kier molecular flexibility index (Phi) is 4.93. The second kappa shape index (κ2) is 6.69. The maximum absolute atomic E-state index is 12.0. The monoisotopic (exact) mass is 368 g/mol. The molecule has 2 rings (SSSR count). The van der Waals surface area contributed by atoms with Crippen molar-refractivity contribution in [3.8, 4) is 0 Å². The molecular formula is C14H10BrClN2O3.